The molecule has 0 aromatic carbocycles. The lowest BCUT2D eigenvalue weighted by molar-refractivity contribution is 0.110. The van der Waals surface area contributed by atoms with E-state index in [9.17, 15) is 0 Å². The molecule has 136 valence electrons. The summed E-state index contributed by atoms with van der Waals surface area (Å²) in [5.41, 5.74) is 1.58. The monoisotopic (exact) mass is 350 g/mol. The molecule has 2 atom stereocenters. The summed E-state index contributed by atoms with van der Waals surface area (Å²) in [6, 6.07) is 0.796. The molecule has 1 heterocycles. The summed E-state index contributed by atoms with van der Waals surface area (Å²) in [5, 5.41) is 0.769. The Balaban J connectivity index is 1.81. The van der Waals surface area contributed by atoms with Crippen LogP contribution in [0.3, 0.4) is 0 Å². The van der Waals surface area contributed by atoms with Crippen LogP contribution in [-0.4, -0.2) is 42.0 Å². The molecule has 1 aliphatic heterocycles. The van der Waals surface area contributed by atoms with Crippen LogP contribution in [0.2, 0.25) is 0 Å². The van der Waals surface area contributed by atoms with E-state index in [1.54, 1.807) is 0 Å². The van der Waals surface area contributed by atoms with Crippen molar-refractivity contribution in [3.63, 3.8) is 0 Å². The zero-order valence-electron chi connectivity index (χ0n) is 16.0. The van der Waals surface area contributed by atoms with Gasteiger partial charge in [0.2, 0.25) is 0 Å². The molecule has 1 aliphatic carbocycles. The van der Waals surface area contributed by atoms with Gasteiger partial charge < -0.3 is 4.90 Å². The van der Waals surface area contributed by atoms with Gasteiger partial charge in [0.25, 0.3) is 0 Å². The molecule has 0 N–H and O–H groups in total. The van der Waals surface area contributed by atoms with E-state index in [0.717, 1.165) is 48.9 Å². The number of rotatable bonds is 6. The predicted molar refractivity (Wildman–Crippen MR) is 106 cm³/mol. The van der Waals surface area contributed by atoms with Crippen molar-refractivity contribution in [2.24, 2.45) is 11.3 Å². The highest BCUT2D eigenvalue weighted by Gasteiger charge is 2.37. The normalized spacial score (nSPS) is 27.2. The van der Waals surface area contributed by atoms with Gasteiger partial charge in [-0.1, -0.05) is 51.4 Å². The van der Waals surface area contributed by atoms with Crippen LogP contribution in [0.5, 0.6) is 0 Å². The first-order chi connectivity index (χ1) is 11.4. The Labute approximate surface area is 154 Å². The van der Waals surface area contributed by atoms with Gasteiger partial charge in [0.1, 0.15) is 0 Å². The van der Waals surface area contributed by atoms with Gasteiger partial charge in [-0.25, -0.2) is 0 Å². The fraction of sp³-hybridized carbons (Fsp3) is 0.714. The molecule has 0 bridgehead atoms. The maximum Gasteiger partial charge on any atom is 0.0364 e. The average molecular weight is 351 g/mol. The van der Waals surface area contributed by atoms with Crippen LogP contribution in [-0.2, 0) is 0 Å². The molecule has 24 heavy (non-hydrogen) atoms. The number of allylic oxidation sites excluding steroid dienone is 4. The molecule has 0 aromatic heterocycles. The highest BCUT2D eigenvalue weighted by atomic mass is 35.5. The lowest BCUT2D eigenvalue weighted by atomic mass is 9.76. The third-order valence-corrected chi connectivity index (χ3v) is 6.71. The molecule has 3 heteroatoms. The fourth-order valence-electron chi connectivity index (χ4n) is 4.04. The molecule has 2 aliphatic rings. The minimum atomic E-state index is 0.502. The Kier molecular flexibility index (Phi) is 7.00. The van der Waals surface area contributed by atoms with E-state index < -0.39 is 0 Å². The fourth-order valence-corrected chi connectivity index (χ4v) is 4.10. The summed E-state index contributed by atoms with van der Waals surface area (Å²) >= 11 is 6.03. The molecule has 0 spiro atoms. The average Bonchev–Trinajstić information content (AvgIpc) is 3.10. The maximum absolute atomic E-state index is 6.03. The third-order valence-electron chi connectivity index (χ3n) is 6.37. The largest absolute Gasteiger partial charge is 0.369 e. The van der Waals surface area contributed by atoms with Gasteiger partial charge in [0.05, 0.1) is 0 Å². The van der Waals surface area contributed by atoms with Crippen LogP contribution in [0.25, 0.3) is 0 Å². The summed E-state index contributed by atoms with van der Waals surface area (Å²) in [5.74, 6) is 0.895. The molecule has 2 rings (SSSR count). The smallest absolute Gasteiger partial charge is 0.0364 e. The second-order valence-electron chi connectivity index (χ2n) is 8.03. The number of piperazine rings is 1. The van der Waals surface area contributed by atoms with Crippen molar-refractivity contribution in [2.75, 3.05) is 26.2 Å². The molecular formula is C21H35ClN2. The van der Waals surface area contributed by atoms with E-state index in [2.05, 4.69) is 37.1 Å². The highest BCUT2D eigenvalue weighted by molar-refractivity contribution is 6.31. The first-order valence-corrected chi connectivity index (χ1v) is 9.93. The Bertz CT molecular complexity index is 484. The quantitative estimate of drug-likeness (QED) is 0.590. The summed E-state index contributed by atoms with van der Waals surface area (Å²) in [6.07, 6.45) is 11.3. The van der Waals surface area contributed by atoms with Crippen molar-refractivity contribution >= 4 is 11.6 Å². The topological polar surface area (TPSA) is 6.48 Å². The zero-order valence-corrected chi connectivity index (χ0v) is 16.8. The molecule has 1 saturated carbocycles. The number of nitrogens with zero attached hydrogens (tertiary/aromatic N) is 2. The van der Waals surface area contributed by atoms with E-state index in [1.807, 2.05) is 25.2 Å². The number of halogens is 1. The van der Waals surface area contributed by atoms with Crippen molar-refractivity contribution in [3.05, 3.63) is 35.5 Å². The van der Waals surface area contributed by atoms with Gasteiger partial charge in [-0.15, -0.1) is 0 Å². The zero-order chi connectivity index (χ0) is 17.7. The van der Waals surface area contributed by atoms with Crippen LogP contribution in [0.4, 0.5) is 0 Å². The maximum atomic E-state index is 6.03. The number of hydrogen-bond donors (Lipinski definition) is 0. The summed E-state index contributed by atoms with van der Waals surface area (Å²) in [7, 11) is 0. The van der Waals surface area contributed by atoms with Crippen molar-refractivity contribution in [2.45, 2.75) is 59.4 Å². The van der Waals surface area contributed by atoms with Gasteiger partial charge >= 0.3 is 0 Å². The predicted octanol–water partition coefficient (Wildman–Crippen LogP) is 5.42. The highest BCUT2D eigenvalue weighted by Crippen LogP contribution is 2.43. The van der Waals surface area contributed by atoms with Gasteiger partial charge in [0.15, 0.2) is 0 Å². The van der Waals surface area contributed by atoms with Gasteiger partial charge in [-0.2, -0.15) is 0 Å². The molecule has 1 saturated heterocycles. The van der Waals surface area contributed by atoms with Crippen LogP contribution in [0.15, 0.2) is 35.5 Å². The minimum Gasteiger partial charge on any atom is -0.369 e. The van der Waals surface area contributed by atoms with Crippen LogP contribution >= 0.6 is 11.6 Å². The first-order valence-electron chi connectivity index (χ1n) is 9.55. The molecule has 1 unspecified atom stereocenters. The Hall–Kier alpha value is -0.730. The van der Waals surface area contributed by atoms with Crippen molar-refractivity contribution in [1.82, 2.24) is 9.80 Å². The summed E-state index contributed by atoms with van der Waals surface area (Å²) < 4.78 is 0. The summed E-state index contributed by atoms with van der Waals surface area (Å²) in [6.45, 7) is 17.9. The lowest BCUT2D eigenvalue weighted by Crippen LogP contribution is -2.49. The summed E-state index contributed by atoms with van der Waals surface area (Å²) in [4.78, 5) is 5.10. The van der Waals surface area contributed by atoms with E-state index in [1.165, 1.54) is 25.7 Å². The molecule has 2 nitrogen and oxygen atoms in total. The van der Waals surface area contributed by atoms with Crippen molar-refractivity contribution < 1.29 is 0 Å². The van der Waals surface area contributed by atoms with Gasteiger partial charge in [-0.3, -0.25) is 4.90 Å². The van der Waals surface area contributed by atoms with Gasteiger partial charge in [-0.05, 0) is 49.7 Å². The van der Waals surface area contributed by atoms with Crippen LogP contribution in [0.1, 0.15) is 53.4 Å². The van der Waals surface area contributed by atoms with E-state index in [-0.39, 0.29) is 0 Å². The molecule has 0 radical (unpaired) electrons. The van der Waals surface area contributed by atoms with Crippen LogP contribution < -0.4 is 0 Å². The van der Waals surface area contributed by atoms with E-state index in [0.29, 0.717) is 5.41 Å². The third kappa shape index (κ3) is 4.89. The lowest BCUT2D eigenvalue weighted by Gasteiger charge is -2.40. The van der Waals surface area contributed by atoms with Crippen molar-refractivity contribution in [1.29, 1.82) is 0 Å². The van der Waals surface area contributed by atoms with E-state index >= 15 is 0 Å². The van der Waals surface area contributed by atoms with E-state index in [4.69, 9.17) is 11.6 Å². The first kappa shape index (κ1) is 19.6. The van der Waals surface area contributed by atoms with Gasteiger partial charge in [0, 0.05) is 43.0 Å². The molecule has 0 aromatic rings. The molecule has 2 fully saturated rings. The Morgan fingerprint density at radius 2 is 1.83 bits per heavy atom. The Morgan fingerprint density at radius 3 is 2.42 bits per heavy atom. The minimum absolute atomic E-state index is 0.502. The second kappa shape index (κ2) is 8.58. The second-order valence-corrected chi connectivity index (χ2v) is 8.46. The number of hydrogen-bond acceptors (Lipinski definition) is 2. The standard InChI is InChI=1S/C21H35ClN2/c1-6-19(22)10-8-17(3)23-12-14-24(15-13-23)20-11-9-18(16-20)21(4,5)7-2/h6,8,10,18,20H,3,7,9,11-16H2,1-2,4-5H3/b10-8-,19-6+/t18?,20-/m1/s1. The van der Waals surface area contributed by atoms with Crippen LogP contribution in [0, 0.1) is 11.3 Å². The Morgan fingerprint density at radius 1 is 1.17 bits per heavy atom. The molecule has 0 amide bonds. The SMILES string of the molecule is C=C(/C=C\C(Cl)=C/C)N1CCN([C@@H]2CCC(C(C)(C)CC)C2)CC1. The molecular weight excluding hydrogens is 316 g/mol. The van der Waals surface area contributed by atoms with Crippen molar-refractivity contribution in [3.8, 4) is 0 Å².